The molecule has 2 N–H and O–H groups in total. The summed E-state index contributed by atoms with van der Waals surface area (Å²) in [5, 5.41) is 8.89. The van der Waals surface area contributed by atoms with Crippen LogP contribution in [0.4, 0.5) is 0 Å². The highest BCUT2D eigenvalue weighted by Crippen LogP contribution is 2.20. The lowest BCUT2D eigenvalue weighted by atomic mass is 9.97. The van der Waals surface area contributed by atoms with Crippen molar-refractivity contribution in [2.45, 2.75) is 44.6 Å². The number of nitrogens with one attached hydrogen (secondary N) is 1. The molecule has 0 atom stereocenters. The minimum absolute atomic E-state index is 0.0122. The highest BCUT2D eigenvalue weighted by Gasteiger charge is 2.26. The van der Waals surface area contributed by atoms with Crippen molar-refractivity contribution in [2.24, 2.45) is 5.92 Å². The van der Waals surface area contributed by atoms with Crippen molar-refractivity contribution in [1.82, 2.24) is 10.4 Å². The second-order valence-electron chi connectivity index (χ2n) is 5.34. The number of piperidine rings is 1. The first kappa shape index (κ1) is 14.3. The van der Waals surface area contributed by atoms with Gasteiger partial charge in [-0.1, -0.05) is 12.8 Å². The summed E-state index contributed by atoms with van der Waals surface area (Å²) in [6.07, 6.45) is 5.85. The van der Waals surface area contributed by atoms with E-state index < -0.39 is 5.97 Å². The third kappa shape index (κ3) is 4.18. The molecule has 2 rings (SSSR count). The Kier molecular flexibility index (Phi) is 5.15. The van der Waals surface area contributed by atoms with Gasteiger partial charge in [-0.3, -0.25) is 14.4 Å². The van der Waals surface area contributed by atoms with E-state index in [-0.39, 0.29) is 24.5 Å². The molecule has 1 amide bonds. The van der Waals surface area contributed by atoms with E-state index in [9.17, 15) is 9.59 Å². The number of carbonyl (C=O) groups excluding carboxylic acids is 1. The van der Waals surface area contributed by atoms with Crippen molar-refractivity contribution >= 4 is 11.9 Å². The van der Waals surface area contributed by atoms with E-state index in [0.29, 0.717) is 25.9 Å². The van der Waals surface area contributed by atoms with Crippen LogP contribution >= 0.6 is 0 Å². The van der Waals surface area contributed by atoms with Gasteiger partial charge in [0.25, 0.3) is 0 Å². The molecule has 6 nitrogen and oxygen atoms in total. The zero-order chi connectivity index (χ0) is 13.7. The molecule has 0 aromatic carbocycles. The number of likely N-dealkylation sites (tertiary alicyclic amines) is 1. The molecule has 0 bridgehead atoms. The summed E-state index contributed by atoms with van der Waals surface area (Å²) in [5.41, 5.74) is 2.75. The van der Waals surface area contributed by atoms with Crippen LogP contribution in [0.25, 0.3) is 0 Å². The predicted molar refractivity (Wildman–Crippen MR) is 68.3 cm³/mol. The smallest absolute Gasteiger partial charge is 0.306 e. The Morgan fingerprint density at radius 3 is 2.37 bits per heavy atom. The monoisotopic (exact) mass is 270 g/mol. The molecule has 108 valence electrons. The van der Waals surface area contributed by atoms with Gasteiger partial charge in [0, 0.05) is 13.1 Å². The quantitative estimate of drug-likeness (QED) is 0.722. The number of amides is 1. The van der Waals surface area contributed by atoms with Crippen LogP contribution in [0.15, 0.2) is 0 Å². The number of carboxylic acid groups (broad SMARTS) is 1. The van der Waals surface area contributed by atoms with Crippen molar-refractivity contribution in [1.29, 1.82) is 0 Å². The van der Waals surface area contributed by atoms with Crippen LogP contribution in [-0.2, 0) is 14.4 Å². The van der Waals surface area contributed by atoms with Crippen molar-refractivity contribution in [3.8, 4) is 0 Å². The molecule has 2 aliphatic rings. The van der Waals surface area contributed by atoms with Crippen LogP contribution in [-0.4, -0.2) is 47.6 Å². The zero-order valence-corrected chi connectivity index (χ0v) is 11.1. The van der Waals surface area contributed by atoms with Gasteiger partial charge >= 0.3 is 5.97 Å². The summed E-state index contributed by atoms with van der Waals surface area (Å²) in [4.78, 5) is 29.8. The fourth-order valence-electron chi connectivity index (χ4n) is 2.72. The standard InChI is InChI=1S/C13H22N2O4/c16-12(9-14-19-11-3-1-2-4-11)15-7-5-10(6-8-15)13(17)18/h10-11,14H,1-9H2,(H,17,18). The lowest BCUT2D eigenvalue weighted by Crippen LogP contribution is -2.44. The highest BCUT2D eigenvalue weighted by molar-refractivity contribution is 5.78. The van der Waals surface area contributed by atoms with E-state index >= 15 is 0 Å². The van der Waals surface area contributed by atoms with Crippen LogP contribution in [0.2, 0.25) is 0 Å². The van der Waals surface area contributed by atoms with Crippen molar-refractivity contribution < 1.29 is 19.5 Å². The van der Waals surface area contributed by atoms with Gasteiger partial charge in [-0.2, -0.15) is 5.48 Å². The molecule has 1 heterocycles. The largest absolute Gasteiger partial charge is 0.481 e. The number of carboxylic acids is 1. The summed E-state index contributed by atoms with van der Waals surface area (Å²) >= 11 is 0. The van der Waals surface area contributed by atoms with E-state index in [0.717, 1.165) is 12.8 Å². The van der Waals surface area contributed by atoms with Crippen molar-refractivity contribution in [2.75, 3.05) is 19.6 Å². The molecule has 1 saturated carbocycles. The SMILES string of the molecule is O=C(O)C1CCN(C(=O)CNOC2CCCC2)CC1. The van der Waals surface area contributed by atoms with Gasteiger partial charge in [0.15, 0.2) is 0 Å². The molecule has 0 unspecified atom stereocenters. The minimum Gasteiger partial charge on any atom is -0.481 e. The van der Waals surface area contributed by atoms with Gasteiger partial charge in [0.1, 0.15) is 6.54 Å². The zero-order valence-electron chi connectivity index (χ0n) is 11.1. The molecule has 0 radical (unpaired) electrons. The Hall–Kier alpha value is -1.14. The first-order valence-electron chi connectivity index (χ1n) is 7.06. The van der Waals surface area contributed by atoms with E-state index in [2.05, 4.69) is 5.48 Å². The van der Waals surface area contributed by atoms with E-state index in [1.54, 1.807) is 4.90 Å². The molecule has 1 saturated heterocycles. The Morgan fingerprint density at radius 2 is 1.79 bits per heavy atom. The molecule has 0 spiro atoms. The van der Waals surface area contributed by atoms with Crippen molar-refractivity contribution in [3.05, 3.63) is 0 Å². The molecule has 19 heavy (non-hydrogen) atoms. The molecule has 6 heteroatoms. The predicted octanol–water partition coefficient (Wildman–Crippen LogP) is 0.773. The van der Waals surface area contributed by atoms with Gasteiger partial charge in [0.2, 0.25) is 5.91 Å². The third-order valence-corrected chi connectivity index (χ3v) is 3.97. The van der Waals surface area contributed by atoms with Gasteiger partial charge in [0.05, 0.1) is 12.0 Å². The summed E-state index contributed by atoms with van der Waals surface area (Å²) in [6.45, 7) is 1.23. The third-order valence-electron chi connectivity index (χ3n) is 3.97. The Morgan fingerprint density at radius 1 is 1.16 bits per heavy atom. The number of aliphatic carboxylic acids is 1. The van der Waals surface area contributed by atoms with E-state index in [1.165, 1.54) is 12.8 Å². The van der Waals surface area contributed by atoms with E-state index in [1.807, 2.05) is 0 Å². The number of nitrogens with zero attached hydrogens (tertiary/aromatic N) is 1. The normalized spacial score (nSPS) is 21.8. The second-order valence-corrected chi connectivity index (χ2v) is 5.34. The first-order valence-corrected chi connectivity index (χ1v) is 7.06. The Balaban J connectivity index is 1.62. The average molecular weight is 270 g/mol. The first-order chi connectivity index (χ1) is 9.16. The van der Waals surface area contributed by atoms with Crippen molar-refractivity contribution in [3.63, 3.8) is 0 Å². The average Bonchev–Trinajstić information content (AvgIpc) is 2.92. The highest BCUT2D eigenvalue weighted by atomic mass is 16.7. The fraction of sp³-hybridized carbons (Fsp3) is 0.846. The van der Waals surface area contributed by atoms with Gasteiger partial charge in [-0.05, 0) is 25.7 Å². The lowest BCUT2D eigenvalue weighted by Gasteiger charge is -2.30. The molecule has 2 fully saturated rings. The number of hydrogen-bond acceptors (Lipinski definition) is 4. The molecular formula is C13H22N2O4. The second kappa shape index (κ2) is 6.86. The minimum atomic E-state index is -0.755. The van der Waals surface area contributed by atoms with Crippen LogP contribution in [0.5, 0.6) is 0 Å². The maximum atomic E-state index is 11.9. The number of rotatable bonds is 5. The number of hydrogen-bond donors (Lipinski definition) is 2. The Labute approximate surface area is 113 Å². The molecular weight excluding hydrogens is 248 g/mol. The van der Waals surface area contributed by atoms with Crippen LogP contribution < -0.4 is 5.48 Å². The van der Waals surface area contributed by atoms with Gasteiger partial charge < -0.3 is 10.0 Å². The summed E-state index contributed by atoms with van der Waals surface area (Å²) in [6, 6.07) is 0. The topological polar surface area (TPSA) is 78.9 Å². The van der Waals surface area contributed by atoms with E-state index in [4.69, 9.17) is 9.94 Å². The number of carbonyl (C=O) groups is 2. The number of hydroxylamine groups is 1. The van der Waals surface area contributed by atoms with Gasteiger partial charge in [-0.25, -0.2) is 0 Å². The van der Waals surface area contributed by atoms with Crippen LogP contribution in [0, 0.1) is 5.92 Å². The summed E-state index contributed by atoms with van der Waals surface area (Å²) in [5.74, 6) is -1.07. The molecule has 1 aliphatic heterocycles. The maximum Gasteiger partial charge on any atom is 0.306 e. The summed E-state index contributed by atoms with van der Waals surface area (Å²) in [7, 11) is 0. The summed E-state index contributed by atoms with van der Waals surface area (Å²) < 4.78 is 0. The maximum absolute atomic E-state index is 11.9. The molecule has 1 aliphatic carbocycles. The molecule has 0 aromatic heterocycles. The van der Waals surface area contributed by atoms with Gasteiger partial charge in [-0.15, -0.1) is 0 Å². The molecule has 0 aromatic rings. The lowest BCUT2D eigenvalue weighted by molar-refractivity contribution is -0.146. The fourth-order valence-corrected chi connectivity index (χ4v) is 2.72. The van der Waals surface area contributed by atoms with Crippen LogP contribution in [0.1, 0.15) is 38.5 Å². The Bertz CT molecular complexity index is 321. The van der Waals surface area contributed by atoms with Crippen LogP contribution in [0.3, 0.4) is 0 Å².